The first-order valence-electron chi connectivity index (χ1n) is 6.40. The van der Waals surface area contributed by atoms with Gasteiger partial charge in [0.1, 0.15) is 0 Å². The summed E-state index contributed by atoms with van der Waals surface area (Å²) in [5.74, 6) is 0. The zero-order valence-electron chi connectivity index (χ0n) is 9.91. The average Bonchev–Trinajstić information content (AvgIpc) is 2.95. The molecule has 3 heterocycles. The number of aromatic amines is 1. The Bertz CT molecular complexity index is 605. The lowest BCUT2D eigenvalue weighted by Gasteiger charge is -2.21. The van der Waals surface area contributed by atoms with Gasteiger partial charge in [-0.1, -0.05) is 23.7 Å². The van der Waals surface area contributed by atoms with E-state index in [1.54, 1.807) is 0 Å². The predicted octanol–water partition coefficient (Wildman–Crippen LogP) is 3.08. The number of nitrogens with one attached hydrogen (secondary N) is 2. The summed E-state index contributed by atoms with van der Waals surface area (Å²) in [5.41, 5.74) is 4.82. The number of fused-ring (bicyclic) bond motifs is 4. The lowest BCUT2D eigenvalue weighted by atomic mass is 9.96. The van der Waals surface area contributed by atoms with E-state index in [2.05, 4.69) is 21.6 Å². The van der Waals surface area contributed by atoms with Crippen LogP contribution in [0.1, 0.15) is 30.1 Å². The Morgan fingerprint density at radius 2 is 2.22 bits per heavy atom. The molecule has 2 aliphatic heterocycles. The molecule has 2 aliphatic rings. The molecular formula is C14H14ClN3. The fraction of sp³-hybridized carbons (Fsp3) is 0.357. The number of benzene rings is 1. The van der Waals surface area contributed by atoms with Crippen LogP contribution in [0, 0.1) is 0 Å². The van der Waals surface area contributed by atoms with Crippen molar-refractivity contribution in [1.82, 2.24) is 15.5 Å². The van der Waals surface area contributed by atoms with Gasteiger partial charge in [0.2, 0.25) is 0 Å². The number of aromatic nitrogens is 2. The van der Waals surface area contributed by atoms with Gasteiger partial charge in [-0.05, 0) is 25.0 Å². The van der Waals surface area contributed by atoms with Crippen LogP contribution in [-0.2, 0) is 6.42 Å². The minimum atomic E-state index is 0.464. The standard InChI is InChI=1S/C14H14ClN3/c15-9-3-1-2-8(6-9)14-13-11-5-4-10(16-11)7-12(13)17-18-14/h1-3,6,10-11,16H,4-5,7H2,(H,17,18)/t10-,11+/m0/s1. The van der Waals surface area contributed by atoms with E-state index in [0.29, 0.717) is 12.1 Å². The van der Waals surface area contributed by atoms with Crippen molar-refractivity contribution < 1.29 is 0 Å². The van der Waals surface area contributed by atoms with Crippen LogP contribution in [0.4, 0.5) is 0 Å². The molecule has 4 rings (SSSR count). The van der Waals surface area contributed by atoms with Crippen molar-refractivity contribution >= 4 is 11.6 Å². The predicted molar refractivity (Wildman–Crippen MR) is 71.6 cm³/mol. The first-order chi connectivity index (χ1) is 8.81. The van der Waals surface area contributed by atoms with Crippen molar-refractivity contribution in [3.63, 3.8) is 0 Å². The van der Waals surface area contributed by atoms with E-state index >= 15 is 0 Å². The highest BCUT2D eigenvalue weighted by atomic mass is 35.5. The smallest absolute Gasteiger partial charge is 0.0971 e. The van der Waals surface area contributed by atoms with Gasteiger partial charge in [-0.2, -0.15) is 5.10 Å². The summed E-state index contributed by atoms with van der Waals surface area (Å²) < 4.78 is 0. The van der Waals surface area contributed by atoms with Crippen molar-refractivity contribution in [1.29, 1.82) is 0 Å². The molecule has 0 unspecified atom stereocenters. The third-order valence-corrected chi connectivity index (χ3v) is 4.26. The van der Waals surface area contributed by atoms with Crippen LogP contribution in [-0.4, -0.2) is 16.2 Å². The molecule has 1 aromatic heterocycles. The molecule has 1 aromatic carbocycles. The molecule has 0 aliphatic carbocycles. The third-order valence-electron chi connectivity index (χ3n) is 4.02. The van der Waals surface area contributed by atoms with Crippen molar-refractivity contribution in [3.8, 4) is 11.3 Å². The summed E-state index contributed by atoms with van der Waals surface area (Å²) in [6, 6.07) is 9.03. The lowest BCUT2D eigenvalue weighted by molar-refractivity contribution is 0.511. The second-order valence-corrected chi connectivity index (χ2v) is 5.61. The van der Waals surface area contributed by atoms with Crippen molar-refractivity contribution in [2.75, 3.05) is 0 Å². The SMILES string of the molecule is Clc1cccc(-c2n[nH]c3c2[C@H]2CC[C@@H](C3)N2)c1. The molecule has 92 valence electrons. The molecule has 4 heteroatoms. The van der Waals surface area contributed by atoms with Gasteiger partial charge >= 0.3 is 0 Å². The van der Waals surface area contributed by atoms with Gasteiger partial charge in [-0.25, -0.2) is 0 Å². The van der Waals surface area contributed by atoms with Crippen molar-refractivity contribution in [2.24, 2.45) is 0 Å². The van der Waals surface area contributed by atoms with Crippen LogP contribution in [0.3, 0.4) is 0 Å². The molecule has 0 radical (unpaired) electrons. The zero-order valence-corrected chi connectivity index (χ0v) is 10.7. The highest BCUT2D eigenvalue weighted by molar-refractivity contribution is 6.30. The van der Waals surface area contributed by atoms with Gasteiger partial charge in [0.05, 0.1) is 5.69 Å². The number of hydrogen-bond acceptors (Lipinski definition) is 2. The number of hydrogen-bond donors (Lipinski definition) is 2. The Morgan fingerprint density at radius 3 is 3.11 bits per heavy atom. The summed E-state index contributed by atoms with van der Waals surface area (Å²) in [6.45, 7) is 0. The molecule has 18 heavy (non-hydrogen) atoms. The Labute approximate surface area is 111 Å². The van der Waals surface area contributed by atoms with Gasteiger partial charge in [0.15, 0.2) is 0 Å². The summed E-state index contributed by atoms with van der Waals surface area (Å²) in [6.07, 6.45) is 3.55. The zero-order chi connectivity index (χ0) is 12.1. The summed E-state index contributed by atoms with van der Waals surface area (Å²) in [5, 5.41) is 12.1. The van der Waals surface area contributed by atoms with Gasteiger partial charge in [0.25, 0.3) is 0 Å². The van der Waals surface area contributed by atoms with E-state index in [0.717, 1.165) is 22.7 Å². The van der Waals surface area contributed by atoms with E-state index in [9.17, 15) is 0 Å². The van der Waals surface area contributed by atoms with Gasteiger partial charge in [-0.3, -0.25) is 5.10 Å². The van der Waals surface area contributed by atoms with E-state index in [-0.39, 0.29) is 0 Å². The van der Waals surface area contributed by atoms with Crippen LogP contribution < -0.4 is 5.32 Å². The van der Waals surface area contributed by atoms with Gasteiger partial charge in [0, 0.05) is 40.3 Å². The van der Waals surface area contributed by atoms with Crippen molar-refractivity contribution in [2.45, 2.75) is 31.3 Å². The maximum Gasteiger partial charge on any atom is 0.0971 e. The minimum Gasteiger partial charge on any atom is -0.307 e. The lowest BCUT2D eigenvalue weighted by Crippen LogP contribution is -2.31. The highest BCUT2D eigenvalue weighted by Gasteiger charge is 2.35. The fourth-order valence-corrected chi connectivity index (χ4v) is 3.42. The van der Waals surface area contributed by atoms with Crippen LogP contribution in [0.2, 0.25) is 5.02 Å². The van der Waals surface area contributed by atoms with Crippen LogP contribution in [0.15, 0.2) is 24.3 Å². The number of H-pyrrole nitrogens is 1. The number of rotatable bonds is 1. The first kappa shape index (κ1) is 10.6. The summed E-state index contributed by atoms with van der Waals surface area (Å²) in [4.78, 5) is 0. The summed E-state index contributed by atoms with van der Waals surface area (Å²) >= 11 is 6.07. The van der Waals surface area contributed by atoms with Gasteiger partial charge < -0.3 is 5.32 Å². The topological polar surface area (TPSA) is 40.7 Å². The Kier molecular flexibility index (Phi) is 2.26. The average molecular weight is 260 g/mol. The van der Waals surface area contributed by atoms with Crippen LogP contribution >= 0.6 is 11.6 Å². The maximum absolute atomic E-state index is 6.07. The first-order valence-corrected chi connectivity index (χ1v) is 6.78. The van der Waals surface area contributed by atoms with E-state index in [4.69, 9.17) is 11.6 Å². The van der Waals surface area contributed by atoms with Gasteiger partial charge in [-0.15, -0.1) is 0 Å². The molecule has 0 saturated carbocycles. The van der Waals surface area contributed by atoms with Crippen LogP contribution in [0.25, 0.3) is 11.3 Å². The Hall–Kier alpha value is -1.32. The third kappa shape index (κ3) is 1.51. The molecule has 1 fully saturated rings. The molecular weight excluding hydrogens is 246 g/mol. The Balaban J connectivity index is 1.86. The molecule has 1 saturated heterocycles. The largest absolute Gasteiger partial charge is 0.307 e. The quantitative estimate of drug-likeness (QED) is 0.826. The molecule has 2 bridgehead atoms. The molecule has 3 nitrogen and oxygen atoms in total. The number of nitrogens with zero attached hydrogens (tertiary/aromatic N) is 1. The highest BCUT2D eigenvalue weighted by Crippen LogP contribution is 2.40. The molecule has 2 N–H and O–H groups in total. The normalized spacial score (nSPS) is 25.2. The van der Waals surface area contributed by atoms with Crippen LogP contribution in [0.5, 0.6) is 0 Å². The maximum atomic E-state index is 6.07. The van der Waals surface area contributed by atoms with E-state index in [1.165, 1.54) is 24.1 Å². The summed E-state index contributed by atoms with van der Waals surface area (Å²) in [7, 11) is 0. The molecule has 2 aromatic rings. The minimum absolute atomic E-state index is 0.464. The molecule has 0 spiro atoms. The monoisotopic (exact) mass is 259 g/mol. The molecule has 2 atom stereocenters. The fourth-order valence-electron chi connectivity index (χ4n) is 3.23. The number of halogens is 1. The molecule has 0 amide bonds. The van der Waals surface area contributed by atoms with E-state index < -0.39 is 0 Å². The van der Waals surface area contributed by atoms with E-state index in [1.807, 2.05) is 18.2 Å². The second kappa shape index (κ2) is 3.84. The second-order valence-electron chi connectivity index (χ2n) is 5.17. The van der Waals surface area contributed by atoms with Crippen molar-refractivity contribution in [3.05, 3.63) is 40.5 Å². The Morgan fingerprint density at radius 1 is 1.28 bits per heavy atom.